The van der Waals surface area contributed by atoms with Gasteiger partial charge in [0.25, 0.3) is 0 Å². The first-order valence-electron chi connectivity index (χ1n) is 4.36. The molecule has 1 aromatic carbocycles. The Morgan fingerprint density at radius 1 is 1.31 bits per heavy atom. The highest BCUT2D eigenvalue weighted by atomic mass is 16.3. The van der Waals surface area contributed by atoms with E-state index in [1.54, 1.807) is 0 Å². The number of aliphatic hydroxyl groups excluding tert-OH is 1. The van der Waals surface area contributed by atoms with Crippen LogP contribution in [0.3, 0.4) is 0 Å². The maximum absolute atomic E-state index is 10.9. The summed E-state index contributed by atoms with van der Waals surface area (Å²) < 4.78 is 0. The van der Waals surface area contributed by atoms with Gasteiger partial charge < -0.3 is 5.11 Å². The van der Waals surface area contributed by atoms with E-state index in [1.807, 2.05) is 37.3 Å². The summed E-state index contributed by atoms with van der Waals surface area (Å²) in [6, 6.07) is 9.54. The lowest BCUT2D eigenvalue weighted by atomic mass is 9.93. The van der Waals surface area contributed by atoms with Gasteiger partial charge in [0.2, 0.25) is 0 Å². The molecule has 0 saturated carbocycles. The van der Waals surface area contributed by atoms with E-state index in [0.29, 0.717) is 0 Å². The Balaban J connectivity index is 2.79. The first-order chi connectivity index (χ1) is 6.13. The van der Waals surface area contributed by atoms with E-state index in [0.717, 1.165) is 5.56 Å². The third kappa shape index (κ3) is 2.39. The Labute approximate surface area is 78.2 Å². The first kappa shape index (κ1) is 9.93. The molecular weight excluding hydrogens is 164 g/mol. The van der Waals surface area contributed by atoms with Crippen LogP contribution in [0.5, 0.6) is 0 Å². The number of hydrogen-bond donors (Lipinski definition) is 1. The molecule has 0 aromatic heterocycles. The van der Waals surface area contributed by atoms with Crippen molar-refractivity contribution in [3.05, 3.63) is 35.9 Å². The molecule has 2 atom stereocenters. The van der Waals surface area contributed by atoms with Crippen molar-refractivity contribution in [3.63, 3.8) is 0 Å². The molecule has 13 heavy (non-hydrogen) atoms. The molecule has 0 fully saturated rings. The summed E-state index contributed by atoms with van der Waals surface area (Å²) in [5.74, 6) is -0.310. The summed E-state index contributed by atoms with van der Waals surface area (Å²) in [6.45, 7) is 3.26. The molecule has 0 bridgehead atoms. The quantitative estimate of drug-likeness (QED) is 0.765. The van der Waals surface area contributed by atoms with Gasteiger partial charge in [0.1, 0.15) is 6.10 Å². The zero-order chi connectivity index (χ0) is 9.84. The van der Waals surface area contributed by atoms with E-state index in [4.69, 9.17) is 0 Å². The molecule has 1 aromatic rings. The van der Waals surface area contributed by atoms with E-state index < -0.39 is 6.10 Å². The van der Waals surface area contributed by atoms with Crippen molar-refractivity contribution in [2.45, 2.75) is 25.9 Å². The van der Waals surface area contributed by atoms with Gasteiger partial charge in [-0.1, -0.05) is 37.3 Å². The number of rotatable bonds is 3. The fraction of sp³-hybridized carbons (Fsp3) is 0.364. The zero-order valence-corrected chi connectivity index (χ0v) is 7.90. The predicted molar refractivity (Wildman–Crippen MR) is 51.5 cm³/mol. The molecule has 0 spiro atoms. The average molecular weight is 178 g/mol. The number of carbonyl (C=O) groups is 1. The van der Waals surface area contributed by atoms with Gasteiger partial charge in [0.15, 0.2) is 5.78 Å². The topological polar surface area (TPSA) is 37.3 Å². The summed E-state index contributed by atoms with van der Waals surface area (Å²) in [5.41, 5.74) is 0.991. The molecule has 0 aliphatic rings. The van der Waals surface area contributed by atoms with Crippen LogP contribution in [0, 0.1) is 0 Å². The molecule has 0 heterocycles. The fourth-order valence-corrected chi connectivity index (χ4v) is 1.29. The second-order valence-corrected chi connectivity index (χ2v) is 3.25. The van der Waals surface area contributed by atoms with Gasteiger partial charge in [-0.05, 0) is 12.5 Å². The minimum Gasteiger partial charge on any atom is -0.385 e. The molecule has 2 nitrogen and oxygen atoms in total. The van der Waals surface area contributed by atoms with Crippen LogP contribution in [0.4, 0.5) is 0 Å². The lowest BCUT2D eigenvalue weighted by Gasteiger charge is -2.16. The summed E-state index contributed by atoms with van der Waals surface area (Å²) in [6.07, 6.45) is -0.887. The second kappa shape index (κ2) is 4.19. The standard InChI is InChI=1S/C11H14O2/c1-8(11(13)9(2)12)10-6-4-3-5-7-10/h3-8,11,13H,1-2H3. The van der Waals surface area contributed by atoms with Crippen molar-refractivity contribution in [3.8, 4) is 0 Å². The van der Waals surface area contributed by atoms with Crippen molar-refractivity contribution in [1.82, 2.24) is 0 Å². The fourth-order valence-electron chi connectivity index (χ4n) is 1.29. The highest BCUT2D eigenvalue weighted by Gasteiger charge is 2.19. The van der Waals surface area contributed by atoms with Crippen LogP contribution in [0.25, 0.3) is 0 Å². The van der Waals surface area contributed by atoms with Crippen molar-refractivity contribution < 1.29 is 9.90 Å². The lowest BCUT2D eigenvalue weighted by Crippen LogP contribution is -2.23. The maximum atomic E-state index is 10.9. The van der Waals surface area contributed by atoms with Crippen molar-refractivity contribution in [2.24, 2.45) is 0 Å². The number of Topliss-reactive ketones (excluding diaryl/α,β-unsaturated/α-hetero) is 1. The van der Waals surface area contributed by atoms with Gasteiger partial charge in [0.05, 0.1) is 0 Å². The number of hydrogen-bond acceptors (Lipinski definition) is 2. The van der Waals surface area contributed by atoms with Crippen LogP contribution < -0.4 is 0 Å². The van der Waals surface area contributed by atoms with Gasteiger partial charge in [-0.2, -0.15) is 0 Å². The number of ketones is 1. The minimum atomic E-state index is -0.887. The SMILES string of the molecule is CC(=O)C(O)C(C)c1ccccc1. The van der Waals surface area contributed by atoms with Crippen LogP contribution in [-0.2, 0) is 4.79 Å². The van der Waals surface area contributed by atoms with Crippen LogP contribution in [0.1, 0.15) is 25.3 Å². The largest absolute Gasteiger partial charge is 0.385 e. The summed E-state index contributed by atoms with van der Waals surface area (Å²) in [5, 5.41) is 9.50. The molecule has 0 saturated heterocycles. The van der Waals surface area contributed by atoms with Crippen molar-refractivity contribution in [1.29, 1.82) is 0 Å². The predicted octanol–water partition coefficient (Wildman–Crippen LogP) is 1.74. The number of carbonyl (C=O) groups excluding carboxylic acids is 1. The molecule has 0 amide bonds. The number of aliphatic hydroxyl groups is 1. The van der Waals surface area contributed by atoms with Gasteiger partial charge >= 0.3 is 0 Å². The molecule has 0 aliphatic carbocycles. The molecule has 0 radical (unpaired) electrons. The Morgan fingerprint density at radius 2 is 1.85 bits per heavy atom. The van der Waals surface area contributed by atoms with Crippen LogP contribution in [0.15, 0.2) is 30.3 Å². The minimum absolute atomic E-state index is 0.126. The van der Waals surface area contributed by atoms with Crippen molar-refractivity contribution in [2.75, 3.05) is 0 Å². The number of benzene rings is 1. The lowest BCUT2D eigenvalue weighted by molar-refractivity contribution is -0.125. The molecule has 1 N–H and O–H groups in total. The highest BCUT2D eigenvalue weighted by Crippen LogP contribution is 2.18. The second-order valence-electron chi connectivity index (χ2n) is 3.25. The Kier molecular flexibility index (Phi) is 3.20. The monoisotopic (exact) mass is 178 g/mol. The van der Waals surface area contributed by atoms with Crippen molar-refractivity contribution >= 4 is 5.78 Å². The Morgan fingerprint density at radius 3 is 2.31 bits per heavy atom. The highest BCUT2D eigenvalue weighted by molar-refractivity contribution is 5.81. The molecule has 0 aliphatic heterocycles. The smallest absolute Gasteiger partial charge is 0.158 e. The van der Waals surface area contributed by atoms with Crippen LogP contribution >= 0.6 is 0 Å². The van der Waals surface area contributed by atoms with Gasteiger partial charge in [-0.15, -0.1) is 0 Å². The van der Waals surface area contributed by atoms with Gasteiger partial charge in [-0.25, -0.2) is 0 Å². The van der Waals surface area contributed by atoms with E-state index in [1.165, 1.54) is 6.92 Å². The third-order valence-corrected chi connectivity index (χ3v) is 2.22. The summed E-state index contributed by atoms with van der Waals surface area (Å²) in [7, 11) is 0. The molecule has 2 unspecified atom stereocenters. The van der Waals surface area contributed by atoms with E-state index in [9.17, 15) is 9.90 Å². The molecule has 2 heteroatoms. The Hall–Kier alpha value is -1.15. The van der Waals surface area contributed by atoms with Crippen LogP contribution in [0.2, 0.25) is 0 Å². The first-order valence-corrected chi connectivity index (χ1v) is 4.36. The Bertz CT molecular complexity index is 279. The van der Waals surface area contributed by atoms with Gasteiger partial charge in [-0.3, -0.25) is 4.79 Å². The van der Waals surface area contributed by atoms with E-state index >= 15 is 0 Å². The summed E-state index contributed by atoms with van der Waals surface area (Å²) >= 11 is 0. The van der Waals surface area contributed by atoms with Crippen LogP contribution in [-0.4, -0.2) is 17.0 Å². The third-order valence-electron chi connectivity index (χ3n) is 2.22. The van der Waals surface area contributed by atoms with E-state index in [2.05, 4.69) is 0 Å². The normalized spacial score (nSPS) is 15.0. The average Bonchev–Trinajstić information content (AvgIpc) is 2.17. The van der Waals surface area contributed by atoms with E-state index in [-0.39, 0.29) is 11.7 Å². The molecule has 70 valence electrons. The summed E-state index contributed by atoms with van der Waals surface area (Å²) in [4.78, 5) is 10.9. The molecule has 1 rings (SSSR count). The zero-order valence-electron chi connectivity index (χ0n) is 7.90. The van der Waals surface area contributed by atoms with Gasteiger partial charge in [0, 0.05) is 5.92 Å². The molecular formula is C11H14O2. The maximum Gasteiger partial charge on any atom is 0.158 e.